The largest absolute Gasteiger partial charge is 0.478 e. The molecule has 45 heavy (non-hydrogen) atoms. The zero-order valence-corrected chi connectivity index (χ0v) is 25.8. The summed E-state index contributed by atoms with van der Waals surface area (Å²) in [5, 5.41) is 9.93. The van der Waals surface area contributed by atoms with Gasteiger partial charge in [0.25, 0.3) is 5.79 Å². The molecule has 11 heteroatoms. The van der Waals surface area contributed by atoms with E-state index in [1.807, 2.05) is 25.3 Å². The fourth-order valence-electron chi connectivity index (χ4n) is 6.56. The molecule has 2 aromatic heterocycles. The van der Waals surface area contributed by atoms with Crippen LogP contribution in [-0.4, -0.2) is 48.2 Å². The number of likely N-dealkylation sites (tertiary alicyclic amines) is 1. The van der Waals surface area contributed by atoms with E-state index in [9.17, 15) is 14.3 Å². The number of imidazole rings is 2. The van der Waals surface area contributed by atoms with Gasteiger partial charge in [-0.2, -0.15) is 0 Å². The smallest absolute Gasteiger partial charge is 0.335 e. The van der Waals surface area contributed by atoms with Crippen molar-refractivity contribution in [2.75, 3.05) is 13.1 Å². The van der Waals surface area contributed by atoms with Crippen molar-refractivity contribution >= 4 is 28.6 Å². The third kappa shape index (κ3) is 5.53. The number of aromatic carboxylic acids is 1. The van der Waals surface area contributed by atoms with Crippen molar-refractivity contribution in [2.45, 2.75) is 58.0 Å². The predicted molar refractivity (Wildman–Crippen MR) is 167 cm³/mol. The summed E-state index contributed by atoms with van der Waals surface area (Å²) >= 11 is 5.98. The maximum Gasteiger partial charge on any atom is 0.335 e. The molecule has 0 saturated carbocycles. The maximum absolute atomic E-state index is 14.8. The van der Waals surface area contributed by atoms with Crippen LogP contribution in [0.15, 0.2) is 67.0 Å². The second-order valence-electron chi connectivity index (χ2n) is 11.9. The van der Waals surface area contributed by atoms with Gasteiger partial charge in [-0.15, -0.1) is 0 Å². The Balaban J connectivity index is 1.08. The lowest BCUT2D eigenvalue weighted by molar-refractivity contribution is -0.0712. The molecule has 1 N–H and O–H groups in total. The Hall–Kier alpha value is -4.41. The summed E-state index contributed by atoms with van der Waals surface area (Å²) < 4.78 is 31.6. The van der Waals surface area contributed by atoms with Crippen LogP contribution >= 0.6 is 11.6 Å². The van der Waals surface area contributed by atoms with Crippen LogP contribution in [0.3, 0.4) is 0 Å². The molecule has 0 bridgehead atoms. The molecule has 2 aliphatic heterocycles. The number of carbonyl (C=O) groups is 1. The number of fused-ring (bicyclic) bond motifs is 2. The van der Waals surface area contributed by atoms with Crippen LogP contribution < -0.4 is 9.47 Å². The van der Waals surface area contributed by atoms with Crippen LogP contribution in [0.1, 0.15) is 58.8 Å². The van der Waals surface area contributed by atoms with Crippen molar-refractivity contribution in [2.24, 2.45) is 0 Å². The zero-order valence-electron chi connectivity index (χ0n) is 25.0. The van der Waals surface area contributed by atoms with Crippen LogP contribution in [0.5, 0.6) is 11.5 Å². The van der Waals surface area contributed by atoms with E-state index in [2.05, 4.69) is 25.1 Å². The molecule has 0 spiro atoms. The topological polar surface area (TPSA) is 94.6 Å². The highest BCUT2D eigenvalue weighted by Crippen LogP contribution is 2.49. The van der Waals surface area contributed by atoms with Gasteiger partial charge in [0.1, 0.15) is 17.5 Å². The Morgan fingerprint density at radius 3 is 2.67 bits per heavy atom. The van der Waals surface area contributed by atoms with Gasteiger partial charge in [-0.3, -0.25) is 4.90 Å². The molecule has 3 aromatic carbocycles. The van der Waals surface area contributed by atoms with Crippen LogP contribution in [0.4, 0.5) is 4.39 Å². The van der Waals surface area contributed by atoms with Crippen molar-refractivity contribution in [3.05, 3.63) is 106 Å². The van der Waals surface area contributed by atoms with Crippen molar-refractivity contribution in [3.8, 4) is 11.5 Å². The maximum atomic E-state index is 14.8. The number of carboxylic acids is 1. The van der Waals surface area contributed by atoms with E-state index in [4.69, 9.17) is 26.1 Å². The van der Waals surface area contributed by atoms with Gasteiger partial charge < -0.3 is 23.7 Å². The van der Waals surface area contributed by atoms with E-state index in [-0.39, 0.29) is 11.5 Å². The molecule has 7 rings (SSSR count). The van der Waals surface area contributed by atoms with E-state index >= 15 is 0 Å². The number of ether oxygens (including phenoxy) is 2. The third-order valence-electron chi connectivity index (χ3n) is 8.99. The molecule has 1 saturated heterocycles. The minimum Gasteiger partial charge on any atom is -0.478 e. The van der Waals surface area contributed by atoms with Gasteiger partial charge in [-0.1, -0.05) is 23.7 Å². The van der Waals surface area contributed by atoms with E-state index < -0.39 is 17.6 Å². The van der Waals surface area contributed by atoms with Gasteiger partial charge in [-0.25, -0.2) is 19.2 Å². The second-order valence-corrected chi connectivity index (χ2v) is 12.3. The number of aromatic nitrogens is 4. The number of rotatable bonds is 8. The van der Waals surface area contributed by atoms with Crippen LogP contribution in [0.25, 0.3) is 11.0 Å². The second kappa shape index (κ2) is 11.5. The molecule has 9 nitrogen and oxygen atoms in total. The molecule has 0 radical (unpaired) electrons. The number of carboxylic acid groups (broad SMARTS) is 1. The Labute approximate surface area is 264 Å². The Morgan fingerprint density at radius 1 is 1.11 bits per heavy atom. The highest BCUT2D eigenvalue weighted by molar-refractivity contribution is 6.30. The van der Waals surface area contributed by atoms with Crippen LogP contribution in [0, 0.1) is 12.7 Å². The standard InChI is InChI=1S/C34H33ClFN5O4/c1-21-37-12-15-40(21)16-17-41-29-18-23(33(42)43)6-9-28(29)38-31(41)20-39-13-10-22(11-14-39)25-4-3-5-30-32(25)45-34(2,44-30)26-8-7-24(35)19-27(26)36/h3-9,12,15,18-19,22H,10-11,13-14,16-17,20H2,1-2H3,(H,42,43). The number of aryl methyl sites for hydroxylation is 3. The molecule has 2 aliphatic rings. The fraction of sp³-hybridized carbons (Fsp3) is 0.324. The summed E-state index contributed by atoms with van der Waals surface area (Å²) in [4.78, 5) is 23.4. The van der Waals surface area contributed by atoms with E-state index in [0.29, 0.717) is 41.7 Å². The summed E-state index contributed by atoms with van der Waals surface area (Å²) in [6.45, 7) is 7.38. The quantitative estimate of drug-likeness (QED) is 0.203. The SMILES string of the molecule is Cc1nccn1CCn1c(CN2CCC(c3cccc4c3OC(C)(c3ccc(Cl)cc3F)O4)CC2)nc2ccc(C(=O)O)cc21. The molecule has 0 aliphatic carbocycles. The number of halogens is 2. The van der Waals surface area contributed by atoms with Gasteiger partial charge in [0.2, 0.25) is 0 Å². The molecule has 4 heterocycles. The number of piperidine rings is 1. The third-order valence-corrected chi connectivity index (χ3v) is 9.22. The molecular weight excluding hydrogens is 597 g/mol. The molecule has 0 amide bonds. The fourth-order valence-corrected chi connectivity index (χ4v) is 6.72. The summed E-state index contributed by atoms with van der Waals surface area (Å²) in [5.41, 5.74) is 3.20. The zero-order chi connectivity index (χ0) is 31.3. The summed E-state index contributed by atoms with van der Waals surface area (Å²) in [7, 11) is 0. The van der Waals surface area contributed by atoms with E-state index in [1.54, 1.807) is 43.5 Å². The van der Waals surface area contributed by atoms with Crippen molar-refractivity contribution < 1.29 is 23.8 Å². The lowest BCUT2D eigenvalue weighted by atomic mass is 9.88. The van der Waals surface area contributed by atoms with Crippen LogP contribution in [-0.2, 0) is 25.4 Å². The van der Waals surface area contributed by atoms with Gasteiger partial charge in [0, 0.05) is 43.0 Å². The Bertz CT molecular complexity index is 1910. The molecule has 232 valence electrons. The van der Waals surface area contributed by atoms with Gasteiger partial charge in [0.15, 0.2) is 11.5 Å². The first-order valence-corrected chi connectivity index (χ1v) is 15.5. The number of hydrogen-bond acceptors (Lipinski definition) is 6. The van der Waals surface area contributed by atoms with E-state index in [0.717, 1.165) is 54.2 Å². The normalized spacial score (nSPS) is 18.6. The van der Waals surface area contributed by atoms with Gasteiger partial charge in [0.05, 0.1) is 28.7 Å². The number of benzene rings is 3. The lowest BCUT2D eigenvalue weighted by Crippen LogP contribution is -2.34. The van der Waals surface area contributed by atoms with Crippen molar-refractivity contribution in [1.29, 1.82) is 0 Å². The summed E-state index contributed by atoms with van der Waals surface area (Å²) in [5.74, 6) is 0.628. The average Bonchev–Trinajstić information content (AvgIpc) is 3.69. The van der Waals surface area contributed by atoms with Gasteiger partial charge in [-0.05, 0) is 81.2 Å². The molecule has 1 atom stereocenters. The first-order valence-electron chi connectivity index (χ1n) is 15.1. The Kier molecular flexibility index (Phi) is 7.49. The van der Waals surface area contributed by atoms with Crippen LogP contribution in [0.2, 0.25) is 5.02 Å². The highest BCUT2D eigenvalue weighted by Gasteiger charge is 2.43. The first kappa shape index (κ1) is 29.3. The van der Waals surface area contributed by atoms with Crippen molar-refractivity contribution in [3.63, 3.8) is 0 Å². The average molecular weight is 630 g/mol. The lowest BCUT2D eigenvalue weighted by Gasteiger charge is -2.32. The highest BCUT2D eigenvalue weighted by atomic mass is 35.5. The molecule has 1 unspecified atom stereocenters. The monoisotopic (exact) mass is 629 g/mol. The molecule has 1 fully saturated rings. The minimum atomic E-state index is -1.29. The van der Waals surface area contributed by atoms with Gasteiger partial charge >= 0.3 is 5.97 Å². The predicted octanol–water partition coefficient (Wildman–Crippen LogP) is 6.76. The minimum absolute atomic E-state index is 0.242. The summed E-state index contributed by atoms with van der Waals surface area (Å²) in [6, 6.07) is 15.5. The Morgan fingerprint density at radius 2 is 1.93 bits per heavy atom. The summed E-state index contributed by atoms with van der Waals surface area (Å²) in [6.07, 6.45) is 5.54. The number of hydrogen-bond donors (Lipinski definition) is 1. The molecule has 5 aromatic rings. The number of para-hydroxylation sites is 1. The number of nitrogens with zero attached hydrogens (tertiary/aromatic N) is 5. The first-order chi connectivity index (χ1) is 21.7. The van der Waals surface area contributed by atoms with E-state index in [1.165, 1.54) is 6.07 Å². The molecular formula is C34H33ClFN5O4. The van der Waals surface area contributed by atoms with Crippen molar-refractivity contribution in [1.82, 2.24) is 24.0 Å².